The number of rotatable bonds is 6. The molecule has 0 heterocycles. The number of carbonyl (C=O) groups is 1. The summed E-state index contributed by atoms with van der Waals surface area (Å²) in [6.45, 7) is -0.00262. The molecule has 0 aliphatic heterocycles. The lowest BCUT2D eigenvalue weighted by atomic mass is 10.3. The van der Waals surface area contributed by atoms with Crippen LogP contribution in [0.4, 0.5) is 0 Å². The highest BCUT2D eigenvalue weighted by Crippen LogP contribution is 2.32. The van der Waals surface area contributed by atoms with E-state index in [-0.39, 0.29) is 34.3 Å². The highest BCUT2D eigenvalue weighted by molar-refractivity contribution is 9.10. The van der Waals surface area contributed by atoms with Gasteiger partial charge in [0.15, 0.2) is 0 Å². The van der Waals surface area contributed by atoms with E-state index in [2.05, 4.69) is 20.7 Å². The molecule has 0 aromatic heterocycles. The maximum atomic E-state index is 12.0. The number of aliphatic carboxylic acids is 1. The first-order chi connectivity index (χ1) is 8.74. The smallest absolute Gasteiger partial charge is 0.303 e. The summed E-state index contributed by atoms with van der Waals surface area (Å²) in [5.74, 6) is -0.987. The number of hydrogen-bond donors (Lipinski definition) is 2. The minimum Gasteiger partial charge on any atom is -0.481 e. The van der Waals surface area contributed by atoms with Crippen LogP contribution in [0.1, 0.15) is 12.8 Å². The van der Waals surface area contributed by atoms with E-state index in [0.29, 0.717) is 4.47 Å². The Labute approximate surface area is 129 Å². The third kappa shape index (κ3) is 4.92. The molecule has 5 nitrogen and oxygen atoms in total. The van der Waals surface area contributed by atoms with Crippen molar-refractivity contribution in [3.63, 3.8) is 0 Å². The predicted molar refractivity (Wildman–Crippen MR) is 76.2 cm³/mol. The van der Waals surface area contributed by atoms with Crippen LogP contribution in [0, 0.1) is 0 Å². The van der Waals surface area contributed by atoms with Gasteiger partial charge >= 0.3 is 5.97 Å². The summed E-state index contributed by atoms with van der Waals surface area (Å²) in [4.78, 5) is 10.1. The summed E-state index contributed by atoms with van der Waals surface area (Å²) < 4.78 is 26.8. The molecule has 0 saturated heterocycles. The molecule has 0 amide bonds. The van der Waals surface area contributed by atoms with Crippen LogP contribution in [0.3, 0.4) is 0 Å². The Balaban J connectivity index is 2.86. The van der Waals surface area contributed by atoms with Crippen LogP contribution in [0.2, 0.25) is 10.0 Å². The standard InChI is InChI=1S/C10H10BrCl2NO4S/c11-6-4-7(12)10(8(13)5-6)19(17,18)14-3-1-2-9(15)16/h4-5,14H,1-3H2,(H,15,16). The third-order valence-electron chi connectivity index (χ3n) is 2.09. The number of benzene rings is 1. The van der Waals surface area contributed by atoms with Gasteiger partial charge < -0.3 is 5.11 Å². The third-order valence-corrected chi connectivity index (χ3v) is 4.93. The average Bonchev–Trinajstić information content (AvgIpc) is 2.22. The fourth-order valence-corrected chi connectivity index (χ4v) is 4.31. The van der Waals surface area contributed by atoms with E-state index in [1.807, 2.05) is 0 Å². The van der Waals surface area contributed by atoms with E-state index in [1.54, 1.807) is 0 Å². The zero-order valence-electron chi connectivity index (χ0n) is 9.49. The van der Waals surface area contributed by atoms with Gasteiger partial charge in [-0.25, -0.2) is 13.1 Å². The molecule has 106 valence electrons. The van der Waals surface area contributed by atoms with Crippen molar-refractivity contribution in [3.05, 3.63) is 26.7 Å². The molecule has 0 fully saturated rings. The van der Waals surface area contributed by atoms with Crippen LogP contribution in [-0.2, 0) is 14.8 Å². The van der Waals surface area contributed by atoms with Crippen molar-refractivity contribution in [3.8, 4) is 0 Å². The first-order valence-electron chi connectivity index (χ1n) is 5.10. The van der Waals surface area contributed by atoms with Gasteiger partial charge in [-0.1, -0.05) is 39.1 Å². The summed E-state index contributed by atoms with van der Waals surface area (Å²) in [7, 11) is -3.86. The molecule has 0 atom stereocenters. The van der Waals surface area contributed by atoms with Crippen LogP contribution in [0.25, 0.3) is 0 Å². The van der Waals surface area contributed by atoms with Gasteiger partial charge in [-0.2, -0.15) is 0 Å². The normalized spacial score (nSPS) is 11.5. The number of hydrogen-bond acceptors (Lipinski definition) is 3. The van der Waals surface area contributed by atoms with Crippen molar-refractivity contribution < 1.29 is 18.3 Å². The highest BCUT2D eigenvalue weighted by Gasteiger charge is 2.21. The number of nitrogens with one attached hydrogen (secondary N) is 1. The van der Waals surface area contributed by atoms with Gasteiger partial charge in [0.25, 0.3) is 0 Å². The summed E-state index contributed by atoms with van der Waals surface area (Å²) in [5, 5.41) is 8.44. The maximum Gasteiger partial charge on any atom is 0.303 e. The molecular formula is C10H10BrCl2NO4S. The Kier molecular flexibility index (Phi) is 6.07. The van der Waals surface area contributed by atoms with Gasteiger partial charge in [-0.15, -0.1) is 0 Å². The molecule has 0 radical (unpaired) electrons. The van der Waals surface area contributed by atoms with Crippen LogP contribution < -0.4 is 4.72 Å². The van der Waals surface area contributed by atoms with Crippen molar-refractivity contribution >= 4 is 55.1 Å². The Morgan fingerprint density at radius 1 is 1.32 bits per heavy atom. The molecule has 0 spiro atoms. The van der Waals surface area contributed by atoms with Crippen molar-refractivity contribution in [1.82, 2.24) is 4.72 Å². The number of carboxylic acid groups (broad SMARTS) is 1. The first kappa shape index (κ1) is 16.7. The zero-order valence-corrected chi connectivity index (χ0v) is 13.4. The molecule has 2 N–H and O–H groups in total. The van der Waals surface area contributed by atoms with Gasteiger partial charge in [0.2, 0.25) is 10.0 Å². The molecule has 1 aromatic carbocycles. The number of carboxylic acids is 1. The molecule has 1 rings (SSSR count). The monoisotopic (exact) mass is 389 g/mol. The number of sulfonamides is 1. The van der Waals surface area contributed by atoms with Gasteiger partial charge in [-0.3, -0.25) is 4.79 Å². The largest absolute Gasteiger partial charge is 0.481 e. The van der Waals surface area contributed by atoms with Crippen molar-refractivity contribution in [1.29, 1.82) is 0 Å². The minimum absolute atomic E-state index is 0.00262. The van der Waals surface area contributed by atoms with Gasteiger partial charge in [0.1, 0.15) is 4.90 Å². The molecule has 19 heavy (non-hydrogen) atoms. The van der Waals surface area contributed by atoms with E-state index < -0.39 is 16.0 Å². The van der Waals surface area contributed by atoms with Crippen LogP contribution in [0.15, 0.2) is 21.5 Å². The van der Waals surface area contributed by atoms with Crippen molar-refractivity contribution in [2.75, 3.05) is 6.54 Å². The molecule has 1 aromatic rings. The Morgan fingerprint density at radius 3 is 2.32 bits per heavy atom. The molecular weight excluding hydrogens is 381 g/mol. The number of halogens is 3. The predicted octanol–water partition coefficient (Wildman–Crippen LogP) is 2.90. The summed E-state index contributed by atoms with van der Waals surface area (Å²) in [6.07, 6.45) is 0.0602. The summed E-state index contributed by atoms with van der Waals surface area (Å²) in [6, 6.07) is 2.83. The summed E-state index contributed by atoms with van der Waals surface area (Å²) >= 11 is 14.9. The minimum atomic E-state index is -3.86. The topological polar surface area (TPSA) is 83.5 Å². The average molecular weight is 391 g/mol. The van der Waals surface area contributed by atoms with Crippen LogP contribution >= 0.6 is 39.1 Å². The lowest BCUT2D eigenvalue weighted by Crippen LogP contribution is -2.25. The van der Waals surface area contributed by atoms with Crippen molar-refractivity contribution in [2.45, 2.75) is 17.7 Å². The van der Waals surface area contributed by atoms with E-state index in [0.717, 1.165) is 0 Å². The fraction of sp³-hybridized carbons (Fsp3) is 0.300. The molecule has 0 aliphatic rings. The van der Waals surface area contributed by atoms with Crippen molar-refractivity contribution in [2.24, 2.45) is 0 Å². The van der Waals surface area contributed by atoms with E-state index in [9.17, 15) is 13.2 Å². The van der Waals surface area contributed by atoms with Gasteiger partial charge in [0, 0.05) is 17.4 Å². The fourth-order valence-electron chi connectivity index (χ4n) is 1.30. The quantitative estimate of drug-likeness (QED) is 0.731. The summed E-state index contributed by atoms with van der Waals surface area (Å²) in [5.41, 5.74) is 0. The molecule has 0 aliphatic carbocycles. The highest BCUT2D eigenvalue weighted by atomic mass is 79.9. The molecule has 0 bridgehead atoms. The Hall–Kier alpha value is -0.340. The van der Waals surface area contributed by atoms with E-state index >= 15 is 0 Å². The second-order valence-corrected chi connectivity index (χ2v) is 7.03. The lowest BCUT2D eigenvalue weighted by molar-refractivity contribution is -0.137. The SMILES string of the molecule is O=C(O)CCCNS(=O)(=O)c1c(Cl)cc(Br)cc1Cl. The molecule has 0 saturated carbocycles. The molecule has 0 unspecified atom stereocenters. The maximum absolute atomic E-state index is 12.0. The Bertz CT molecular complexity index is 568. The van der Waals surface area contributed by atoms with E-state index in [1.165, 1.54) is 12.1 Å². The first-order valence-corrected chi connectivity index (χ1v) is 8.13. The second-order valence-electron chi connectivity index (χ2n) is 3.59. The zero-order chi connectivity index (χ0) is 14.6. The Morgan fingerprint density at radius 2 is 1.84 bits per heavy atom. The van der Waals surface area contributed by atoms with Gasteiger partial charge in [0.05, 0.1) is 10.0 Å². The van der Waals surface area contributed by atoms with Crippen LogP contribution in [-0.4, -0.2) is 26.0 Å². The van der Waals surface area contributed by atoms with Crippen LogP contribution in [0.5, 0.6) is 0 Å². The second kappa shape index (κ2) is 6.90. The lowest BCUT2D eigenvalue weighted by Gasteiger charge is -2.10. The van der Waals surface area contributed by atoms with Gasteiger partial charge in [-0.05, 0) is 18.6 Å². The van der Waals surface area contributed by atoms with E-state index in [4.69, 9.17) is 28.3 Å². The molecule has 9 heteroatoms.